The van der Waals surface area contributed by atoms with Crippen LogP contribution < -0.4 is 10.1 Å². The predicted molar refractivity (Wildman–Crippen MR) is 86.5 cm³/mol. The number of alkyl halides is 2. The third-order valence-electron chi connectivity index (χ3n) is 3.08. The molecule has 0 atom stereocenters. The molecule has 2 aromatic rings. The molecular weight excluding hydrogens is 314 g/mol. The van der Waals surface area contributed by atoms with Crippen LogP contribution in [0.2, 0.25) is 0 Å². The van der Waals surface area contributed by atoms with Crippen LogP contribution in [0.5, 0.6) is 5.75 Å². The topological polar surface area (TPSA) is 62.1 Å². The van der Waals surface area contributed by atoms with Crippen molar-refractivity contribution in [3.05, 3.63) is 65.2 Å². The monoisotopic (exact) mass is 328 g/mol. The van der Waals surface area contributed by atoms with E-state index < -0.39 is 12.5 Å². The van der Waals surface area contributed by atoms with Crippen molar-refractivity contribution in [1.82, 2.24) is 0 Å². The standard InChI is InChI=1S/C18H14F2N2O2/c1-12-5-4-7-15(9-12)22-17(23)14(11-21)10-13-6-2-3-8-16(13)24-18(19)20/h2-10,18H,1H3,(H,22,23)/b14-10+. The molecule has 0 saturated heterocycles. The van der Waals surface area contributed by atoms with Crippen LogP contribution in [-0.2, 0) is 4.79 Å². The van der Waals surface area contributed by atoms with E-state index >= 15 is 0 Å². The Morgan fingerprint density at radius 2 is 2.00 bits per heavy atom. The molecule has 2 rings (SSSR count). The van der Waals surface area contributed by atoms with Crippen LogP contribution in [0.1, 0.15) is 11.1 Å². The van der Waals surface area contributed by atoms with E-state index in [1.54, 1.807) is 30.3 Å². The fraction of sp³-hybridized carbons (Fsp3) is 0.111. The van der Waals surface area contributed by atoms with Gasteiger partial charge >= 0.3 is 6.61 Å². The van der Waals surface area contributed by atoms with Gasteiger partial charge in [0, 0.05) is 11.3 Å². The van der Waals surface area contributed by atoms with Crippen molar-refractivity contribution in [2.45, 2.75) is 13.5 Å². The number of nitrogens with one attached hydrogen (secondary N) is 1. The molecule has 0 aliphatic carbocycles. The number of ether oxygens (including phenoxy) is 1. The molecule has 0 aromatic heterocycles. The van der Waals surface area contributed by atoms with Gasteiger partial charge in [0.05, 0.1) is 0 Å². The number of nitriles is 1. The number of carbonyl (C=O) groups excluding carboxylic acids is 1. The van der Waals surface area contributed by atoms with Gasteiger partial charge in [0.25, 0.3) is 5.91 Å². The van der Waals surface area contributed by atoms with Gasteiger partial charge in [0.15, 0.2) is 0 Å². The average Bonchev–Trinajstić information content (AvgIpc) is 2.53. The van der Waals surface area contributed by atoms with E-state index in [1.165, 1.54) is 24.3 Å². The molecule has 0 bridgehead atoms. The van der Waals surface area contributed by atoms with Gasteiger partial charge in [-0.3, -0.25) is 4.79 Å². The van der Waals surface area contributed by atoms with Crippen LogP contribution in [0.25, 0.3) is 6.08 Å². The molecule has 0 aliphatic rings. The van der Waals surface area contributed by atoms with Crippen LogP contribution in [0, 0.1) is 18.3 Å². The van der Waals surface area contributed by atoms with Crippen molar-refractivity contribution < 1.29 is 18.3 Å². The van der Waals surface area contributed by atoms with Gasteiger partial charge in [0.1, 0.15) is 17.4 Å². The zero-order chi connectivity index (χ0) is 17.5. The Bertz CT molecular complexity index is 811. The van der Waals surface area contributed by atoms with Crippen LogP contribution in [-0.4, -0.2) is 12.5 Å². The Kier molecular flexibility index (Phi) is 5.63. The van der Waals surface area contributed by atoms with Gasteiger partial charge < -0.3 is 10.1 Å². The quantitative estimate of drug-likeness (QED) is 0.663. The van der Waals surface area contributed by atoms with Gasteiger partial charge in [-0.25, -0.2) is 0 Å². The number of nitrogens with zero attached hydrogens (tertiary/aromatic N) is 1. The molecule has 4 nitrogen and oxygen atoms in total. The fourth-order valence-corrected chi connectivity index (χ4v) is 2.03. The summed E-state index contributed by atoms with van der Waals surface area (Å²) in [5, 5.41) is 11.8. The number of hydrogen-bond donors (Lipinski definition) is 1. The van der Waals surface area contributed by atoms with E-state index in [-0.39, 0.29) is 16.9 Å². The molecule has 0 aliphatic heterocycles. The Hall–Kier alpha value is -3.20. The van der Waals surface area contributed by atoms with E-state index in [0.717, 1.165) is 5.56 Å². The molecule has 1 amide bonds. The first-order valence-corrected chi connectivity index (χ1v) is 7.03. The maximum atomic E-state index is 12.4. The highest BCUT2D eigenvalue weighted by molar-refractivity contribution is 6.09. The smallest absolute Gasteiger partial charge is 0.387 e. The van der Waals surface area contributed by atoms with E-state index in [1.807, 2.05) is 13.0 Å². The van der Waals surface area contributed by atoms with E-state index in [4.69, 9.17) is 0 Å². The zero-order valence-corrected chi connectivity index (χ0v) is 12.8. The summed E-state index contributed by atoms with van der Waals surface area (Å²) in [6.45, 7) is -1.12. The number of carbonyl (C=O) groups is 1. The lowest BCUT2D eigenvalue weighted by molar-refractivity contribution is -0.112. The Morgan fingerprint density at radius 1 is 1.25 bits per heavy atom. The number of halogens is 2. The lowest BCUT2D eigenvalue weighted by Crippen LogP contribution is -2.13. The second-order valence-electron chi connectivity index (χ2n) is 4.91. The molecule has 0 spiro atoms. The lowest BCUT2D eigenvalue weighted by atomic mass is 10.1. The highest BCUT2D eigenvalue weighted by Crippen LogP contribution is 2.23. The van der Waals surface area contributed by atoms with E-state index in [0.29, 0.717) is 5.69 Å². The fourth-order valence-electron chi connectivity index (χ4n) is 2.03. The van der Waals surface area contributed by atoms with Crippen molar-refractivity contribution >= 4 is 17.7 Å². The van der Waals surface area contributed by atoms with Crippen LogP contribution in [0.15, 0.2) is 54.1 Å². The first kappa shape index (κ1) is 17.2. The van der Waals surface area contributed by atoms with E-state index in [9.17, 15) is 18.8 Å². The average molecular weight is 328 g/mol. The summed E-state index contributed by atoms with van der Waals surface area (Å²) in [7, 11) is 0. The Morgan fingerprint density at radius 3 is 2.67 bits per heavy atom. The molecular formula is C18H14F2N2O2. The van der Waals surface area contributed by atoms with Crippen molar-refractivity contribution in [3.63, 3.8) is 0 Å². The highest BCUT2D eigenvalue weighted by Gasteiger charge is 2.13. The van der Waals surface area contributed by atoms with Crippen molar-refractivity contribution in [3.8, 4) is 11.8 Å². The zero-order valence-electron chi connectivity index (χ0n) is 12.8. The summed E-state index contributed by atoms with van der Waals surface area (Å²) in [6, 6.07) is 14.8. The molecule has 1 N–H and O–H groups in total. The van der Waals surface area contributed by atoms with Crippen molar-refractivity contribution in [2.24, 2.45) is 0 Å². The number of hydrogen-bond acceptors (Lipinski definition) is 3. The van der Waals surface area contributed by atoms with Crippen molar-refractivity contribution in [1.29, 1.82) is 5.26 Å². The molecule has 6 heteroatoms. The molecule has 0 saturated carbocycles. The third kappa shape index (κ3) is 4.65. The first-order chi connectivity index (χ1) is 11.5. The minimum atomic E-state index is -2.99. The number of rotatable bonds is 5. The molecule has 2 aromatic carbocycles. The number of para-hydroxylation sites is 1. The van der Waals surface area contributed by atoms with Gasteiger partial charge in [-0.1, -0.05) is 30.3 Å². The largest absolute Gasteiger partial charge is 0.434 e. The molecule has 24 heavy (non-hydrogen) atoms. The summed E-state index contributed by atoms with van der Waals surface area (Å²) < 4.78 is 29.2. The minimum absolute atomic E-state index is 0.108. The summed E-state index contributed by atoms with van der Waals surface area (Å²) in [5.41, 5.74) is 1.49. The van der Waals surface area contributed by atoms with Crippen molar-refractivity contribution in [2.75, 3.05) is 5.32 Å². The lowest BCUT2D eigenvalue weighted by Gasteiger charge is -2.08. The first-order valence-electron chi connectivity index (χ1n) is 7.03. The predicted octanol–water partition coefficient (Wildman–Crippen LogP) is 4.14. The molecule has 0 heterocycles. The minimum Gasteiger partial charge on any atom is -0.434 e. The Balaban J connectivity index is 2.26. The Labute approximate surface area is 138 Å². The summed E-state index contributed by atoms with van der Waals surface area (Å²) >= 11 is 0. The number of aryl methyl sites for hydroxylation is 1. The van der Waals surface area contributed by atoms with Crippen LogP contribution in [0.3, 0.4) is 0 Å². The maximum absolute atomic E-state index is 12.4. The van der Waals surface area contributed by atoms with Crippen LogP contribution in [0.4, 0.5) is 14.5 Å². The molecule has 0 unspecified atom stereocenters. The number of amides is 1. The molecule has 0 radical (unpaired) electrons. The normalized spacial score (nSPS) is 11.0. The highest BCUT2D eigenvalue weighted by atomic mass is 19.3. The molecule has 122 valence electrons. The van der Waals surface area contributed by atoms with Gasteiger partial charge in [-0.15, -0.1) is 0 Å². The van der Waals surface area contributed by atoms with Gasteiger partial charge in [-0.2, -0.15) is 14.0 Å². The molecule has 0 fully saturated rings. The van der Waals surface area contributed by atoms with Gasteiger partial charge in [0.2, 0.25) is 0 Å². The number of anilines is 1. The summed E-state index contributed by atoms with van der Waals surface area (Å²) in [6.07, 6.45) is 1.21. The number of benzene rings is 2. The van der Waals surface area contributed by atoms with E-state index in [2.05, 4.69) is 10.1 Å². The summed E-state index contributed by atoms with van der Waals surface area (Å²) in [4.78, 5) is 12.2. The second-order valence-corrected chi connectivity index (χ2v) is 4.91. The van der Waals surface area contributed by atoms with Gasteiger partial charge in [-0.05, 0) is 36.8 Å². The third-order valence-corrected chi connectivity index (χ3v) is 3.08. The second kappa shape index (κ2) is 7.88. The SMILES string of the molecule is Cc1cccc(NC(=O)/C(C#N)=C/c2ccccc2OC(F)F)c1. The maximum Gasteiger partial charge on any atom is 0.387 e. The van der Waals surface area contributed by atoms with Crippen LogP contribution >= 0.6 is 0 Å². The summed E-state index contributed by atoms with van der Waals surface area (Å²) in [5.74, 6) is -0.737.